The van der Waals surface area contributed by atoms with E-state index in [1.54, 1.807) is 6.20 Å². The van der Waals surface area contributed by atoms with Gasteiger partial charge in [-0.05, 0) is 32.2 Å². The summed E-state index contributed by atoms with van der Waals surface area (Å²) in [5.74, 6) is 0.646. The second kappa shape index (κ2) is 8.05. The van der Waals surface area contributed by atoms with E-state index < -0.39 is 0 Å². The average Bonchev–Trinajstić information content (AvgIpc) is 2.72. The zero-order chi connectivity index (χ0) is 20.4. The number of hydrogen-bond acceptors (Lipinski definition) is 5. The molecule has 1 amide bonds. The number of hydrogen-bond donors (Lipinski definition) is 2. The van der Waals surface area contributed by atoms with Crippen molar-refractivity contribution in [3.05, 3.63) is 69.6 Å². The first kappa shape index (κ1) is 19.1. The van der Waals surface area contributed by atoms with Crippen LogP contribution in [-0.2, 0) is 6.54 Å². The number of aromatic nitrogens is 2. The van der Waals surface area contributed by atoms with E-state index in [0.717, 1.165) is 48.5 Å². The molecule has 0 aliphatic carbocycles. The number of carbonyl (C=O) groups excluding carboxylic acids is 1. The summed E-state index contributed by atoms with van der Waals surface area (Å²) in [7, 11) is 2.12. The Morgan fingerprint density at radius 3 is 2.76 bits per heavy atom. The van der Waals surface area contributed by atoms with Crippen LogP contribution >= 0.6 is 0 Å². The summed E-state index contributed by atoms with van der Waals surface area (Å²) in [6, 6.07) is 10.9. The molecule has 7 nitrogen and oxygen atoms in total. The second-order valence-electron chi connectivity index (χ2n) is 7.56. The Balaban J connectivity index is 1.56. The second-order valence-corrected chi connectivity index (χ2v) is 7.56. The van der Waals surface area contributed by atoms with Gasteiger partial charge in [-0.25, -0.2) is 4.98 Å². The number of aryl methyl sites for hydroxylation is 1. The Hall–Kier alpha value is -3.19. The minimum atomic E-state index is -0.286. The van der Waals surface area contributed by atoms with E-state index in [0.29, 0.717) is 17.6 Å². The van der Waals surface area contributed by atoms with Crippen LogP contribution in [0.5, 0.6) is 0 Å². The highest BCUT2D eigenvalue weighted by Crippen LogP contribution is 2.20. The summed E-state index contributed by atoms with van der Waals surface area (Å²) in [6.45, 7) is 6.11. The maximum Gasteiger partial charge on any atom is 0.252 e. The largest absolute Gasteiger partial charge is 0.354 e. The van der Waals surface area contributed by atoms with Crippen LogP contribution in [0.25, 0.3) is 10.9 Å². The fraction of sp³-hybridized carbons (Fsp3) is 0.318. The predicted molar refractivity (Wildman–Crippen MR) is 114 cm³/mol. The van der Waals surface area contributed by atoms with Crippen molar-refractivity contribution in [2.24, 2.45) is 0 Å². The van der Waals surface area contributed by atoms with Crippen molar-refractivity contribution < 1.29 is 4.79 Å². The third kappa shape index (κ3) is 4.14. The van der Waals surface area contributed by atoms with Crippen LogP contribution in [0.1, 0.15) is 21.5 Å². The standard InChI is InChI=1S/C22H25N5O2/c1-15-5-6-19-17(12-15)18(13-20(28)25-19)22(29)24-14-16-4-3-7-23-21(16)27-10-8-26(2)9-11-27/h3-7,12-13H,8-11,14H2,1-2H3,(H,24,29)(H,25,28). The van der Waals surface area contributed by atoms with E-state index in [4.69, 9.17) is 0 Å². The topological polar surface area (TPSA) is 81.3 Å². The number of benzene rings is 1. The van der Waals surface area contributed by atoms with Gasteiger partial charge in [0.2, 0.25) is 5.56 Å². The van der Waals surface area contributed by atoms with Crippen LogP contribution in [0.4, 0.5) is 5.82 Å². The monoisotopic (exact) mass is 391 g/mol. The first-order valence-electron chi connectivity index (χ1n) is 9.80. The normalized spacial score (nSPS) is 14.9. The molecule has 3 heterocycles. The van der Waals surface area contributed by atoms with Crippen LogP contribution in [0.2, 0.25) is 0 Å². The molecule has 1 aliphatic rings. The lowest BCUT2D eigenvalue weighted by Crippen LogP contribution is -2.45. The quantitative estimate of drug-likeness (QED) is 0.710. The van der Waals surface area contributed by atoms with Crippen molar-refractivity contribution >= 4 is 22.6 Å². The number of H-pyrrole nitrogens is 1. The molecule has 1 fully saturated rings. The van der Waals surface area contributed by atoms with Crippen molar-refractivity contribution in [3.63, 3.8) is 0 Å². The lowest BCUT2D eigenvalue weighted by atomic mass is 10.1. The van der Waals surface area contributed by atoms with Gasteiger partial charge >= 0.3 is 0 Å². The summed E-state index contributed by atoms with van der Waals surface area (Å²) in [5.41, 5.74) is 2.76. The lowest BCUT2D eigenvalue weighted by Gasteiger charge is -2.34. The zero-order valence-corrected chi connectivity index (χ0v) is 16.7. The van der Waals surface area contributed by atoms with Crippen molar-refractivity contribution in [3.8, 4) is 0 Å². The third-order valence-corrected chi connectivity index (χ3v) is 5.35. The van der Waals surface area contributed by atoms with Crippen LogP contribution < -0.4 is 15.8 Å². The fourth-order valence-corrected chi connectivity index (χ4v) is 3.70. The van der Waals surface area contributed by atoms with E-state index >= 15 is 0 Å². The Labute approximate surface area is 169 Å². The summed E-state index contributed by atoms with van der Waals surface area (Å²) in [5, 5.41) is 3.72. The number of aromatic amines is 1. The minimum Gasteiger partial charge on any atom is -0.354 e. The number of anilines is 1. The molecule has 1 aromatic carbocycles. The molecule has 3 aromatic rings. The van der Waals surface area contributed by atoms with Gasteiger partial charge in [0.25, 0.3) is 5.91 Å². The number of likely N-dealkylation sites (N-methyl/N-ethyl adjacent to an activating group) is 1. The highest BCUT2D eigenvalue weighted by Gasteiger charge is 2.19. The number of amides is 1. The molecule has 29 heavy (non-hydrogen) atoms. The summed E-state index contributed by atoms with van der Waals surface area (Å²) in [4.78, 5) is 36.8. The summed E-state index contributed by atoms with van der Waals surface area (Å²) >= 11 is 0. The molecule has 7 heteroatoms. The number of fused-ring (bicyclic) bond motifs is 1. The Kier molecular flexibility index (Phi) is 5.31. The van der Waals surface area contributed by atoms with E-state index in [1.165, 1.54) is 6.07 Å². The maximum atomic E-state index is 12.9. The molecule has 150 valence electrons. The number of piperazine rings is 1. The Bertz CT molecular complexity index is 1100. The molecule has 1 aliphatic heterocycles. The molecular formula is C22H25N5O2. The molecule has 0 saturated carbocycles. The highest BCUT2D eigenvalue weighted by atomic mass is 16.2. The molecule has 2 aromatic heterocycles. The molecule has 0 spiro atoms. The van der Waals surface area contributed by atoms with Gasteiger partial charge in [-0.15, -0.1) is 0 Å². The molecule has 0 unspecified atom stereocenters. The van der Waals surface area contributed by atoms with Crippen molar-refractivity contribution in [1.29, 1.82) is 0 Å². The SMILES string of the molecule is Cc1ccc2[nH]c(=O)cc(C(=O)NCc3cccnc3N3CCN(C)CC3)c2c1. The predicted octanol–water partition coefficient (Wildman–Crippen LogP) is 1.91. The van der Waals surface area contributed by atoms with Crippen molar-refractivity contribution in [1.82, 2.24) is 20.2 Å². The van der Waals surface area contributed by atoms with Gasteiger partial charge in [0.15, 0.2) is 0 Å². The molecule has 0 bridgehead atoms. The average molecular weight is 391 g/mol. The Morgan fingerprint density at radius 1 is 1.17 bits per heavy atom. The molecule has 2 N–H and O–H groups in total. The molecule has 1 saturated heterocycles. The zero-order valence-electron chi connectivity index (χ0n) is 16.7. The van der Waals surface area contributed by atoms with Gasteiger partial charge in [0.05, 0.1) is 5.56 Å². The number of pyridine rings is 2. The number of nitrogens with zero attached hydrogens (tertiary/aromatic N) is 3. The summed E-state index contributed by atoms with van der Waals surface area (Å²) in [6.07, 6.45) is 1.78. The van der Waals surface area contributed by atoms with Crippen LogP contribution in [0, 0.1) is 6.92 Å². The van der Waals surface area contributed by atoms with Crippen LogP contribution in [0.15, 0.2) is 47.4 Å². The Morgan fingerprint density at radius 2 is 1.97 bits per heavy atom. The minimum absolute atomic E-state index is 0.264. The molecule has 0 atom stereocenters. The van der Waals surface area contributed by atoms with E-state index in [9.17, 15) is 9.59 Å². The van der Waals surface area contributed by atoms with Gasteiger partial charge in [-0.3, -0.25) is 9.59 Å². The first-order chi connectivity index (χ1) is 14.0. The van der Waals surface area contributed by atoms with Crippen molar-refractivity contribution in [2.45, 2.75) is 13.5 Å². The van der Waals surface area contributed by atoms with E-state index in [1.807, 2.05) is 37.3 Å². The smallest absolute Gasteiger partial charge is 0.252 e. The van der Waals surface area contributed by atoms with Crippen LogP contribution in [-0.4, -0.2) is 54.0 Å². The number of rotatable bonds is 4. The van der Waals surface area contributed by atoms with Gasteiger partial charge < -0.3 is 20.1 Å². The lowest BCUT2D eigenvalue weighted by molar-refractivity contribution is 0.0952. The van der Waals surface area contributed by atoms with E-state index in [-0.39, 0.29) is 11.5 Å². The molecule has 0 radical (unpaired) electrons. The number of nitrogens with one attached hydrogen (secondary N) is 2. The third-order valence-electron chi connectivity index (χ3n) is 5.35. The molecule has 4 rings (SSSR count). The van der Waals surface area contributed by atoms with Gasteiger partial charge in [-0.1, -0.05) is 17.7 Å². The van der Waals surface area contributed by atoms with Gasteiger partial charge in [0, 0.05) is 61.5 Å². The van der Waals surface area contributed by atoms with Gasteiger partial charge in [-0.2, -0.15) is 0 Å². The number of carbonyl (C=O) groups is 1. The maximum absolute atomic E-state index is 12.9. The summed E-state index contributed by atoms with van der Waals surface area (Å²) < 4.78 is 0. The fourth-order valence-electron chi connectivity index (χ4n) is 3.70. The van der Waals surface area contributed by atoms with Crippen molar-refractivity contribution in [2.75, 3.05) is 38.1 Å². The van der Waals surface area contributed by atoms with Gasteiger partial charge in [0.1, 0.15) is 5.82 Å². The van der Waals surface area contributed by atoms with Crippen LogP contribution in [0.3, 0.4) is 0 Å². The van der Waals surface area contributed by atoms with E-state index in [2.05, 4.69) is 32.1 Å². The first-order valence-corrected chi connectivity index (χ1v) is 9.80. The highest BCUT2D eigenvalue weighted by molar-refractivity contribution is 6.06. The molecular weight excluding hydrogens is 366 g/mol.